The fourth-order valence-electron chi connectivity index (χ4n) is 4.31. The highest BCUT2D eigenvalue weighted by Gasteiger charge is 2.29. The van der Waals surface area contributed by atoms with Gasteiger partial charge in [-0.3, -0.25) is 0 Å². The lowest BCUT2D eigenvalue weighted by Gasteiger charge is -2.39. The number of nitrogens with zero attached hydrogens (tertiary/aromatic N) is 6. The largest absolute Gasteiger partial charge is 0.356 e. The van der Waals surface area contributed by atoms with Crippen molar-refractivity contribution in [3.8, 4) is 0 Å². The van der Waals surface area contributed by atoms with E-state index in [2.05, 4.69) is 33.7 Å². The molecule has 2 aromatic rings. The first-order valence-corrected chi connectivity index (χ1v) is 9.02. The van der Waals surface area contributed by atoms with E-state index in [1.165, 1.54) is 36.3 Å². The average molecular weight is 314 g/mol. The van der Waals surface area contributed by atoms with Crippen LogP contribution in [0.3, 0.4) is 0 Å². The molecule has 2 aromatic heterocycles. The highest BCUT2D eigenvalue weighted by molar-refractivity contribution is 5.56. The van der Waals surface area contributed by atoms with Gasteiger partial charge in [0.2, 0.25) is 0 Å². The molecule has 0 unspecified atom stereocenters. The van der Waals surface area contributed by atoms with Crippen molar-refractivity contribution in [1.29, 1.82) is 0 Å². The third-order valence-electron chi connectivity index (χ3n) is 5.52. The maximum atomic E-state index is 4.70. The van der Waals surface area contributed by atoms with Crippen LogP contribution in [0.1, 0.15) is 44.4 Å². The number of anilines is 1. The minimum absolute atomic E-state index is 0.724. The first kappa shape index (κ1) is 14.9. The van der Waals surface area contributed by atoms with Crippen molar-refractivity contribution in [2.75, 3.05) is 31.1 Å². The van der Waals surface area contributed by atoms with E-state index in [1.54, 1.807) is 6.33 Å². The Morgan fingerprint density at radius 2 is 1.96 bits per heavy atom. The molecule has 124 valence electrons. The average Bonchev–Trinajstić information content (AvgIpc) is 3.23. The van der Waals surface area contributed by atoms with Gasteiger partial charge in [-0.2, -0.15) is 14.6 Å². The molecule has 1 fully saturated rings. The van der Waals surface area contributed by atoms with E-state index in [0.29, 0.717) is 0 Å². The van der Waals surface area contributed by atoms with E-state index in [1.807, 2.05) is 4.52 Å². The van der Waals surface area contributed by atoms with Crippen molar-refractivity contribution >= 4 is 11.6 Å². The van der Waals surface area contributed by atoms with Crippen molar-refractivity contribution in [1.82, 2.24) is 24.5 Å². The van der Waals surface area contributed by atoms with E-state index in [-0.39, 0.29) is 0 Å². The number of fused-ring (bicyclic) bond motifs is 2. The van der Waals surface area contributed by atoms with E-state index in [9.17, 15) is 0 Å². The zero-order valence-electron chi connectivity index (χ0n) is 14.2. The van der Waals surface area contributed by atoms with E-state index >= 15 is 0 Å². The highest BCUT2D eigenvalue weighted by atomic mass is 15.4. The Labute approximate surface area is 137 Å². The number of hydrogen-bond donors (Lipinski definition) is 0. The summed E-state index contributed by atoms with van der Waals surface area (Å²) in [5.41, 5.74) is 2.65. The maximum absolute atomic E-state index is 4.70. The Morgan fingerprint density at radius 1 is 1.17 bits per heavy atom. The van der Waals surface area contributed by atoms with E-state index in [0.717, 1.165) is 50.8 Å². The molecule has 6 heteroatoms. The lowest BCUT2D eigenvalue weighted by atomic mass is 10.0. The summed E-state index contributed by atoms with van der Waals surface area (Å²) in [6.07, 6.45) is 7.51. The molecule has 0 N–H and O–H groups in total. The summed E-state index contributed by atoms with van der Waals surface area (Å²) in [5, 5.41) is 4.45. The third-order valence-corrected chi connectivity index (χ3v) is 5.52. The number of rotatable bonds is 4. The standard InChI is InChI=1S/C17H26N6/c1-3-21(4-2)13-8-10-22(11-9-13)16-14-6-5-7-15(14)20-17-18-12-19-23(16)17/h12-13H,3-11H2,1-2H3. The highest BCUT2D eigenvalue weighted by Crippen LogP contribution is 2.32. The first-order chi connectivity index (χ1) is 11.3. The van der Waals surface area contributed by atoms with Gasteiger partial charge in [0, 0.05) is 24.7 Å². The van der Waals surface area contributed by atoms with Crippen molar-refractivity contribution in [2.45, 2.75) is 52.0 Å². The Hall–Kier alpha value is -1.69. The molecular formula is C17H26N6. The van der Waals surface area contributed by atoms with Crippen LogP contribution in [-0.4, -0.2) is 56.7 Å². The van der Waals surface area contributed by atoms with Crippen LogP contribution in [0.15, 0.2) is 6.33 Å². The van der Waals surface area contributed by atoms with Crippen molar-refractivity contribution in [3.63, 3.8) is 0 Å². The SMILES string of the molecule is CCN(CC)C1CCN(c2c3c(nc4ncnn24)CCC3)CC1. The minimum atomic E-state index is 0.724. The number of hydrogen-bond acceptors (Lipinski definition) is 5. The summed E-state index contributed by atoms with van der Waals surface area (Å²) < 4.78 is 1.96. The molecule has 0 radical (unpaired) electrons. The molecular weight excluding hydrogens is 288 g/mol. The van der Waals surface area contributed by atoms with Gasteiger partial charge in [-0.25, -0.2) is 4.98 Å². The van der Waals surface area contributed by atoms with Crippen LogP contribution in [0.2, 0.25) is 0 Å². The molecule has 0 aromatic carbocycles. The van der Waals surface area contributed by atoms with Gasteiger partial charge in [-0.05, 0) is 45.2 Å². The second-order valence-electron chi connectivity index (χ2n) is 6.63. The zero-order valence-corrected chi connectivity index (χ0v) is 14.2. The zero-order chi connectivity index (χ0) is 15.8. The predicted octanol–water partition coefficient (Wildman–Crippen LogP) is 1.92. The molecule has 0 spiro atoms. The monoisotopic (exact) mass is 314 g/mol. The van der Waals surface area contributed by atoms with Crippen LogP contribution in [0.4, 0.5) is 5.82 Å². The summed E-state index contributed by atoms with van der Waals surface area (Å²) >= 11 is 0. The molecule has 0 saturated carbocycles. The fourth-order valence-corrected chi connectivity index (χ4v) is 4.31. The second kappa shape index (κ2) is 6.07. The van der Waals surface area contributed by atoms with Crippen molar-refractivity contribution in [3.05, 3.63) is 17.6 Å². The van der Waals surface area contributed by atoms with Gasteiger partial charge in [0.25, 0.3) is 5.78 Å². The number of aryl methyl sites for hydroxylation is 1. The van der Waals surface area contributed by atoms with E-state index in [4.69, 9.17) is 4.98 Å². The summed E-state index contributed by atoms with van der Waals surface area (Å²) in [7, 11) is 0. The smallest absolute Gasteiger partial charge is 0.254 e. The summed E-state index contributed by atoms with van der Waals surface area (Å²) in [6.45, 7) is 9.05. The molecule has 1 saturated heterocycles. The summed E-state index contributed by atoms with van der Waals surface area (Å²) in [4.78, 5) is 14.1. The molecule has 1 aliphatic carbocycles. The second-order valence-corrected chi connectivity index (χ2v) is 6.63. The van der Waals surface area contributed by atoms with Crippen LogP contribution in [0.25, 0.3) is 5.78 Å². The van der Waals surface area contributed by atoms with Gasteiger partial charge in [0.1, 0.15) is 12.1 Å². The molecule has 2 aliphatic rings. The molecule has 0 amide bonds. The lowest BCUT2D eigenvalue weighted by molar-refractivity contribution is 0.186. The molecule has 4 rings (SSSR count). The summed E-state index contributed by atoms with van der Waals surface area (Å²) in [5.74, 6) is 2.02. The van der Waals surface area contributed by atoms with Gasteiger partial charge < -0.3 is 9.80 Å². The normalized spacial score (nSPS) is 19.0. The molecule has 6 nitrogen and oxygen atoms in total. The van der Waals surface area contributed by atoms with Gasteiger partial charge in [-0.15, -0.1) is 0 Å². The molecule has 0 bridgehead atoms. The van der Waals surface area contributed by atoms with Crippen LogP contribution >= 0.6 is 0 Å². The molecule has 0 atom stereocenters. The Balaban J connectivity index is 1.62. The lowest BCUT2D eigenvalue weighted by Crippen LogP contribution is -2.45. The van der Waals surface area contributed by atoms with Gasteiger partial charge >= 0.3 is 0 Å². The van der Waals surface area contributed by atoms with Crippen LogP contribution in [0.5, 0.6) is 0 Å². The van der Waals surface area contributed by atoms with E-state index < -0.39 is 0 Å². The predicted molar refractivity (Wildman–Crippen MR) is 91.0 cm³/mol. The minimum Gasteiger partial charge on any atom is -0.356 e. The van der Waals surface area contributed by atoms with Crippen LogP contribution in [0, 0.1) is 0 Å². The topological polar surface area (TPSA) is 49.6 Å². The Kier molecular flexibility index (Phi) is 3.93. The van der Waals surface area contributed by atoms with Gasteiger partial charge in [0.15, 0.2) is 0 Å². The number of aromatic nitrogens is 4. The number of piperidine rings is 1. The van der Waals surface area contributed by atoms with Gasteiger partial charge in [-0.1, -0.05) is 13.8 Å². The Bertz CT molecular complexity index is 682. The van der Waals surface area contributed by atoms with Crippen molar-refractivity contribution in [2.24, 2.45) is 0 Å². The first-order valence-electron chi connectivity index (χ1n) is 9.02. The molecule has 23 heavy (non-hydrogen) atoms. The molecule has 1 aliphatic heterocycles. The van der Waals surface area contributed by atoms with Gasteiger partial charge in [0.05, 0.1) is 5.69 Å². The fraction of sp³-hybridized carbons (Fsp3) is 0.706. The molecule has 3 heterocycles. The quantitative estimate of drug-likeness (QED) is 0.863. The van der Waals surface area contributed by atoms with Crippen LogP contribution < -0.4 is 4.90 Å². The van der Waals surface area contributed by atoms with Crippen LogP contribution in [-0.2, 0) is 12.8 Å². The third kappa shape index (κ3) is 2.49. The summed E-state index contributed by atoms with van der Waals surface area (Å²) in [6, 6.07) is 0.724. The maximum Gasteiger partial charge on any atom is 0.254 e. The van der Waals surface area contributed by atoms with Crippen molar-refractivity contribution < 1.29 is 0 Å². The Morgan fingerprint density at radius 3 is 2.70 bits per heavy atom.